The van der Waals surface area contributed by atoms with Gasteiger partial charge < -0.3 is 4.74 Å². The molecule has 0 unspecified atom stereocenters. The van der Waals surface area contributed by atoms with Crippen molar-refractivity contribution in [2.24, 2.45) is 0 Å². The van der Waals surface area contributed by atoms with Crippen molar-refractivity contribution in [2.45, 2.75) is 25.4 Å². The molecule has 0 aromatic heterocycles. The molecule has 17 heavy (non-hydrogen) atoms. The highest BCUT2D eigenvalue weighted by atomic mass is 16.6. The average molecular weight is 229 g/mol. The fourth-order valence-corrected chi connectivity index (χ4v) is 2.36. The quantitative estimate of drug-likeness (QED) is 0.745. The fraction of sp³-hybridized carbons (Fsp3) is 0.357. The molecule has 1 aromatic carbocycles. The number of rotatable bonds is 3. The Morgan fingerprint density at radius 3 is 2.71 bits per heavy atom. The van der Waals surface area contributed by atoms with E-state index in [-0.39, 0.29) is 18.2 Å². The summed E-state index contributed by atoms with van der Waals surface area (Å²) in [4.78, 5) is 13.5. The van der Waals surface area contributed by atoms with Crippen LogP contribution in [-0.4, -0.2) is 29.7 Å². The molecule has 0 spiro atoms. The van der Waals surface area contributed by atoms with Crippen LogP contribution in [0.15, 0.2) is 42.0 Å². The van der Waals surface area contributed by atoms with Gasteiger partial charge in [0.25, 0.3) is 0 Å². The maximum absolute atomic E-state index is 11.7. The molecular weight excluding hydrogens is 214 g/mol. The third-order valence-electron chi connectivity index (χ3n) is 3.40. The Hall–Kier alpha value is -1.77. The molecular formula is C14H15NO2. The van der Waals surface area contributed by atoms with E-state index in [0.717, 1.165) is 6.42 Å². The van der Waals surface area contributed by atoms with Gasteiger partial charge in [-0.2, -0.15) is 0 Å². The first-order valence-electron chi connectivity index (χ1n) is 5.93. The lowest BCUT2D eigenvalue weighted by molar-refractivity contribution is 0.157. The predicted octanol–water partition coefficient (Wildman–Crippen LogP) is 2.38. The maximum atomic E-state index is 11.7. The van der Waals surface area contributed by atoms with E-state index >= 15 is 0 Å². The van der Waals surface area contributed by atoms with Crippen molar-refractivity contribution in [3.63, 3.8) is 0 Å². The zero-order valence-electron chi connectivity index (χ0n) is 9.80. The second-order valence-corrected chi connectivity index (χ2v) is 4.68. The minimum Gasteiger partial charge on any atom is -0.447 e. The molecule has 1 aromatic rings. The highest BCUT2D eigenvalue weighted by molar-refractivity contribution is 5.73. The van der Waals surface area contributed by atoms with Crippen molar-refractivity contribution in [1.82, 2.24) is 4.90 Å². The Labute approximate surface area is 101 Å². The van der Waals surface area contributed by atoms with Gasteiger partial charge in [-0.15, -0.1) is 0 Å². The summed E-state index contributed by atoms with van der Waals surface area (Å²) in [6.45, 7) is 2.56. The lowest BCUT2D eigenvalue weighted by Crippen LogP contribution is -2.38. The minimum absolute atomic E-state index is 0.170. The molecule has 3 nitrogen and oxygen atoms in total. The molecule has 88 valence electrons. The van der Waals surface area contributed by atoms with Gasteiger partial charge in [-0.1, -0.05) is 36.4 Å². The van der Waals surface area contributed by atoms with Gasteiger partial charge in [0, 0.05) is 0 Å². The molecule has 0 radical (unpaired) electrons. The van der Waals surface area contributed by atoms with E-state index in [1.165, 1.54) is 11.1 Å². The first kappa shape index (κ1) is 10.4. The van der Waals surface area contributed by atoms with Gasteiger partial charge in [0.05, 0.1) is 12.1 Å². The van der Waals surface area contributed by atoms with Gasteiger partial charge in [-0.3, -0.25) is 4.90 Å². The second kappa shape index (κ2) is 3.91. The van der Waals surface area contributed by atoms with Crippen LogP contribution < -0.4 is 0 Å². The highest BCUT2D eigenvalue weighted by Gasteiger charge is 2.42. The van der Waals surface area contributed by atoms with E-state index in [1.807, 2.05) is 23.1 Å². The van der Waals surface area contributed by atoms with Crippen LogP contribution in [0.4, 0.5) is 4.79 Å². The Morgan fingerprint density at radius 2 is 2.06 bits per heavy atom. The number of carbonyl (C=O) groups is 1. The molecule has 1 amide bonds. The number of nitrogens with zero attached hydrogens (tertiary/aromatic N) is 1. The SMILES string of the molecule is CC1=C[C@@H]1N1C(=O)OC[C@@H]1Cc1ccccc1. The number of amides is 1. The summed E-state index contributed by atoms with van der Waals surface area (Å²) in [5, 5.41) is 0. The van der Waals surface area contributed by atoms with Crippen LogP contribution in [0.3, 0.4) is 0 Å². The standard InChI is InChI=1S/C14H15NO2/c1-10-7-13(10)15-12(9-17-14(15)16)8-11-5-3-2-4-6-11/h2-7,12-13H,8-9H2,1H3/t12-,13-/m0/s1. The average Bonchev–Trinajstić information content (AvgIpc) is 2.93. The lowest BCUT2D eigenvalue weighted by Gasteiger charge is -2.21. The normalized spacial score (nSPS) is 26.8. The Balaban J connectivity index is 1.72. The van der Waals surface area contributed by atoms with Gasteiger partial charge in [0.15, 0.2) is 0 Å². The molecule has 0 saturated carbocycles. The van der Waals surface area contributed by atoms with E-state index in [4.69, 9.17) is 4.74 Å². The number of cyclic esters (lactones) is 1. The first-order valence-corrected chi connectivity index (χ1v) is 5.93. The molecule has 1 aliphatic heterocycles. The molecule has 2 aliphatic rings. The monoisotopic (exact) mass is 229 g/mol. The number of carbonyl (C=O) groups excluding carboxylic acids is 1. The molecule has 1 aliphatic carbocycles. The second-order valence-electron chi connectivity index (χ2n) is 4.68. The molecule has 3 rings (SSSR count). The van der Waals surface area contributed by atoms with Crippen LogP contribution in [0.25, 0.3) is 0 Å². The van der Waals surface area contributed by atoms with Crippen molar-refractivity contribution in [3.8, 4) is 0 Å². The van der Waals surface area contributed by atoms with Gasteiger partial charge in [-0.25, -0.2) is 4.79 Å². The molecule has 0 N–H and O–H groups in total. The number of benzene rings is 1. The number of ether oxygens (including phenoxy) is 1. The molecule has 1 saturated heterocycles. The van der Waals surface area contributed by atoms with Crippen LogP contribution in [0, 0.1) is 0 Å². The summed E-state index contributed by atoms with van der Waals surface area (Å²) in [6, 6.07) is 10.6. The maximum Gasteiger partial charge on any atom is 0.410 e. The lowest BCUT2D eigenvalue weighted by atomic mass is 10.1. The summed E-state index contributed by atoms with van der Waals surface area (Å²) in [6.07, 6.45) is 2.79. The van der Waals surface area contributed by atoms with Gasteiger partial charge in [0.2, 0.25) is 0 Å². The molecule has 1 heterocycles. The van der Waals surface area contributed by atoms with Crippen molar-refractivity contribution >= 4 is 6.09 Å². The molecule has 2 atom stereocenters. The van der Waals surface area contributed by atoms with Crippen molar-refractivity contribution in [1.29, 1.82) is 0 Å². The third-order valence-corrected chi connectivity index (χ3v) is 3.40. The summed E-state index contributed by atoms with van der Waals surface area (Å²) >= 11 is 0. The molecule has 3 heteroatoms. The Bertz CT molecular complexity index is 466. The van der Waals surface area contributed by atoms with E-state index in [2.05, 4.69) is 25.1 Å². The number of hydrogen-bond donors (Lipinski definition) is 0. The highest BCUT2D eigenvalue weighted by Crippen LogP contribution is 2.32. The van der Waals surface area contributed by atoms with Crippen molar-refractivity contribution in [3.05, 3.63) is 47.5 Å². The van der Waals surface area contributed by atoms with Crippen LogP contribution >= 0.6 is 0 Å². The topological polar surface area (TPSA) is 29.5 Å². The largest absolute Gasteiger partial charge is 0.447 e. The van der Waals surface area contributed by atoms with Crippen molar-refractivity contribution in [2.75, 3.05) is 6.61 Å². The van der Waals surface area contributed by atoms with Gasteiger partial charge in [0.1, 0.15) is 6.61 Å². The first-order chi connectivity index (χ1) is 8.25. The Morgan fingerprint density at radius 1 is 1.35 bits per heavy atom. The minimum atomic E-state index is -0.177. The van der Waals surface area contributed by atoms with Gasteiger partial charge >= 0.3 is 6.09 Å². The van der Waals surface area contributed by atoms with Crippen LogP contribution in [0.1, 0.15) is 12.5 Å². The zero-order valence-corrected chi connectivity index (χ0v) is 9.80. The predicted molar refractivity (Wildman–Crippen MR) is 64.7 cm³/mol. The smallest absolute Gasteiger partial charge is 0.410 e. The van der Waals surface area contributed by atoms with E-state index in [9.17, 15) is 4.79 Å². The summed E-state index contributed by atoms with van der Waals surface area (Å²) in [7, 11) is 0. The van der Waals surface area contributed by atoms with Crippen LogP contribution in [0.5, 0.6) is 0 Å². The van der Waals surface area contributed by atoms with E-state index < -0.39 is 0 Å². The molecule has 1 fully saturated rings. The summed E-state index contributed by atoms with van der Waals surface area (Å²) in [5.41, 5.74) is 2.51. The van der Waals surface area contributed by atoms with Crippen LogP contribution in [0.2, 0.25) is 0 Å². The third kappa shape index (κ3) is 1.93. The van der Waals surface area contributed by atoms with E-state index in [0.29, 0.717) is 6.61 Å². The summed E-state index contributed by atoms with van der Waals surface area (Å²) < 4.78 is 5.15. The zero-order chi connectivity index (χ0) is 11.8. The van der Waals surface area contributed by atoms with Crippen LogP contribution in [-0.2, 0) is 11.2 Å². The van der Waals surface area contributed by atoms with Gasteiger partial charge in [-0.05, 0) is 24.5 Å². The van der Waals surface area contributed by atoms with Crippen molar-refractivity contribution < 1.29 is 9.53 Å². The summed E-state index contributed by atoms with van der Waals surface area (Å²) in [5.74, 6) is 0. The molecule has 0 bridgehead atoms. The van der Waals surface area contributed by atoms with E-state index in [1.54, 1.807) is 0 Å². The Kier molecular flexibility index (Phi) is 2.39. The fourth-order valence-electron chi connectivity index (χ4n) is 2.36. The number of hydrogen-bond acceptors (Lipinski definition) is 2.